The molecule has 1 atom stereocenters. The van der Waals surface area contributed by atoms with Gasteiger partial charge < -0.3 is 15.0 Å². The summed E-state index contributed by atoms with van der Waals surface area (Å²) in [7, 11) is 1.60. The van der Waals surface area contributed by atoms with Crippen molar-refractivity contribution >= 4 is 52.1 Å². The van der Waals surface area contributed by atoms with Crippen LogP contribution in [0, 0.1) is 23.2 Å². The molecule has 5 aliphatic rings. The van der Waals surface area contributed by atoms with E-state index in [-0.39, 0.29) is 23.7 Å². The normalized spacial score (nSPS) is 30.2. The first-order valence-corrected chi connectivity index (χ1v) is 14.0. The van der Waals surface area contributed by atoms with Gasteiger partial charge in [0.2, 0.25) is 5.91 Å². The van der Waals surface area contributed by atoms with Gasteiger partial charge in [0.25, 0.3) is 5.91 Å². The molecule has 4 saturated carbocycles. The summed E-state index contributed by atoms with van der Waals surface area (Å²) in [5.74, 6) is 2.74. The van der Waals surface area contributed by atoms with Crippen LogP contribution in [0.25, 0.3) is 0 Å². The second-order valence-electron chi connectivity index (χ2n) is 11.5. The van der Waals surface area contributed by atoms with Gasteiger partial charge in [-0.25, -0.2) is 0 Å². The number of amides is 2. The third kappa shape index (κ3) is 4.72. The molecule has 8 heteroatoms. The Morgan fingerprint density at radius 1 is 1.03 bits per heavy atom. The van der Waals surface area contributed by atoms with Crippen molar-refractivity contribution in [2.75, 3.05) is 23.9 Å². The first kappa shape index (κ1) is 24.7. The quantitative estimate of drug-likeness (QED) is 0.446. The van der Waals surface area contributed by atoms with E-state index in [9.17, 15) is 9.59 Å². The van der Waals surface area contributed by atoms with Crippen molar-refractivity contribution in [3.05, 3.63) is 53.6 Å². The minimum absolute atomic E-state index is 0.0431. The van der Waals surface area contributed by atoms with Crippen molar-refractivity contribution in [3.63, 3.8) is 0 Å². The summed E-state index contributed by atoms with van der Waals surface area (Å²) in [6.45, 7) is 0.742. The van der Waals surface area contributed by atoms with Crippen molar-refractivity contribution in [2.45, 2.75) is 51.0 Å². The molecule has 1 N–H and O–H groups in total. The van der Waals surface area contributed by atoms with Gasteiger partial charge in [-0.2, -0.15) is 0 Å². The molecule has 0 unspecified atom stereocenters. The molecule has 6 nitrogen and oxygen atoms in total. The molecule has 194 valence electrons. The van der Waals surface area contributed by atoms with E-state index in [4.69, 9.17) is 28.6 Å². The van der Waals surface area contributed by atoms with Gasteiger partial charge >= 0.3 is 0 Å². The number of thiocarbonyl (C=S) groups is 1. The molecule has 0 aromatic heterocycles. The van der Waals surface area contributed by atoms with Crippen LogP contribution in [0.15, 0.2) is 48.5 Å². The zero-order valence-electron chi connectivity index (χ0n) is 21.0. The maximum Gasteiger partial charge on any atom is 0.256 e. The molecular weight excluding hydrogens is 506 g/mol. The van der Waals surface area contributed by atoms with E-state index in [0.29, 0.717) is 21.5 Å². The summed E-state index contributed by atoms with van der Waals surface area (Å²) in [5.41, 5.74) is 1.54. The Bertz CT molecular complexity index is 1180. The fourth-order valence-corrected chi connectivity index (χ4v) is 8.26. The lowest BCUT2D eigenvalue weighted by Crippen LogP contribution is -2.53. The average Bonchev–Trinajstić information content (AvgIpc) is 3.08. The summed E-state index contributed by atoms with van der Waals surface area (Å²) in [6, 6.07) is 13.7. The number of rotatable bonds is 7. The van der Waals surface area contributed by atoms with Gasteiger partial charge in [0.1, 0.15) is 11.8 Å². The molecular formula is C29H32ClN3O3S. The van der Waals surface area contributed by atoms with Crippen LogP contribution in [0.5, 0.6) is 5.75 Å². The van der Waals surface area contributed by atoms with Gasteiger partial charge in [0, 0.05) is 17.3 Å². The number of nitrogens with zero attached hydrogens (tertiary/aromatic N) is 2. The van der Waals surface area contributed by atoms with Crippen LogP contribution >= 0.6 is 23.8 Å². The fourth-order valence-electron chi connectivity index (χ4n) is 7.75. The van der Waals surface area contributed by atoms with Crippen LogP contribution in [0.2, 0.25) is 5.02 Å². The van der Waals surface area contributed by atoms with Crippen LogP contribution in [0.3, 0.4) is 0 Å². The highest BCUT2D eigenvalue weighted by molar-refractivity contribution is 7.80. The Hall–Kier alpha value is -2.64. The molecule has 5 fully saturated rings. The zero-order valence-corrected chi connectivity index (χ0v) is 22.6. The summed E-state index contributed by atoms with van der Waals surface area (Å²) in [6.07, 6.45) is 7.73. The van der Waals surface area contributed by atoms with E-state index in [1.807, 2.05) is 12.1 Å². The smallest absolute Gasteiger partial charge is 0.256 e. The van der Waals surface area contributed by atoms with E-state index >= 15 is 0 Å². The van der Waals surface area contributed by atoms with E-state index in [1.54, 1.807) is 48.4 Å². The van der Waals surface area contributed by atoms with Crippen LogP contribution in [0.1, 0.15) is 44.9 Å². The Balaban J connectivity index is 1.26. The lowest BCUT2D eigenvalue weighted by Gasteiger charge is -2.58. The highest BCUT2D eigenvalue weighted by Gasteiger charge is 2.54. The molecule has 4 aliphatic carbocycles. The van der Waals surface area contributed by atoms with Crippen LogP contribution in [-0.2, 0) is 9.59 Å². The number of nitrogens with one attached hydrogen (secondary N) is 1. The van der Waals surface area contributed by atoms with Gasteiger partial charge in [-0.3, -0.25) is 14.5 Å². The predicted octanol–water partition coefficient (Wildman–Crippen LogP) is 5.90. The number of hydrogen-bond acceptors (Lipinski definition) is 4. The van der Waals surface area contributed by atoms with Crippen LogP contribution in [-0.4, -0.2) is 41.5 Å². The van der Waals surface area contributed by atoms with Crippen molar-refractivity contribution in [3.8, 4) is 5.75 Å². The molecule has 1 heterocycles. The second kappa shape index (κ2) is 9.59. The number of carbonyl (C=O) groups excluding carboxylic acids is 2. The predicted molar refractivity (Wildman–Crippen MR) is 149 cm³/mol. The monoisotopic (exact) mass is 537 g/mol. The summed E-state index contributed by atoms with van der Waals surface area (Å²) in [4.78, 5) is 30.7. The number of halogens is 1. The summed E-state index contributed by atoms with van der Waals surface area (Å²) >= 11 is 12.1. The Kier molecular flexibility index (Phi) is 6.40. The SMILES string of the molecule is COc1ccc(NC(=O)C[C@@H]2C(=O)N(c3ccc(Cl)cc3)C(=S)N2CC23CC4CC(CC(C4)C2)C3)cc1. The molecule has 2 aromatic rings. The second-order valence-corrected chi connectivity index (χ2v) is 12.3. The number of hydrogen-bond donors (Lipinski definition) is 1. The Labute approximate surface area is 228 Å². The maximum absolute atomic E-state index is 13.8. The first-order valence-electron chi connectivity index (χ1n) is 13.2. The van der Waals surface area contributed by atoms with E-state index in [2.05, 4.69) is 10.2 Å². The summed E-state index contributed by atoms with van der Waals surface area (Å²) in [5, 5.41) is 4.04. The molecule has 7 rings (SSSR count). The first-order chi connectivity index (χ1) is 17.8. The minimum atomic E-state index is -0.630. The highest BCUT2D eigenvalue weighted by atomic mass is 35.5. The average molecular weight is 538 g/mol. The molecule has 1 aliphatic heterocycles. The number of benzene rings is 2. The highest BCUT2D eigenvalue weighted by Crippen LogP contribution is 2.60. The minimum Gasteiger partial charge on any atom is -0.497 e. The molecule has 37 heavy (non-hydrogen) atoms. The van der Waals surface area contributed by atoms with Crippen molar-refractivity contribution in [1.82, 2.24) is 4.90 Å². The van der Waals surface area contributed by atoms with Gasteiger partial charge in [0.15, 0.2) is 5.11 Å². The van der Waals surface area contributed by atoms with Crippen LogP contribution in [0.4, 0.5) is 11.4 Å². The number of ether oxygens (including phenoxy) is 1. The van der Waals surface area contributed by atoms with Crippen molar-refractivity contribution in [2.24, 2.45) is 23.2 Å². The molecule has 2 aromatic carbocycles. The molecule has 1 saturated heterocycles. The largest absolute Gasteiger partial charge is 0.497 e. The van der Waals surface area contributed by atoms with Gasteiger partial charge in [-0.15, -0.1) is 0 Å². The Morgan fingerprint density at radius 3 is 2.19 bits per heavy atom. The molecule has 0 spiro atoms. The molecule has 4 bridgehead atoms. The number of methoxy groups -OCH3 is 1. The third-order valence-electron chi connectivity index (χ3n) is 8.83. The summed E-state index contributed by atoms with van der Waals surface area (Å²) < 4.78 is 5.21. The topological polar surface area (TPSA) is 61.9 Å². The van der Waals surface area contributed by atoms with E-state index in [0.717, 1.165) is 30.0 Å². The fraction of sp³-hybridized carbons (Fsp3) is 0.483. The van der Waals surface area contributed by atoms with Crippen molar-refractivity contribution < 1.29 is 14.3 Å². The Morgan fingerprint density at radius 2 is 1.62 bits per heavy atom. The van der Waals surface area contributed by atoms with Crippen LogP contribution < -0.4 is 15.0 Å². The van der Waals surface area contributed by atoms with Crippen molar-refractivity contribution in [1.29, 1.82) is 0 Å². The zero-order chi connectivity index (χ0) is 25.7. The van der Waals surface area contributed by atoms with E-state index < -0.39 is 6.04 Å². The standard InChI is InChI=1S/C29H32ClN3O3S/c1-36-24-8-4-22(5-9-24)31-26(34)13-25-27(35)33(23-6-2-21(30)3-7-23)28(37)32(25)17-29-14-18-10-19(15-29)12-20(11-18)16-29/h2-9,18-20,25H,10-17H2,1H3,(H,31,34)/t18?,19?,20?,25-,29?/m1/s1. The number of anilines is 2. The molecule has 2 amide bonds. The van der Waals surface area contributed by atoms with Gasteiger partial charge in [-0.1, -0.05) is 11.6 Å². The van der Waals surface area contributed by atoms with E-state index in [1.165, 1.54) is 38.5 Å². The van der Waals surface area contributed by atoms with Gasteiger partial charge in [-0.05, 0) is 122 Å². The lowest BCUT2D eigenvalue weighted by molar-refractivity contribution is -0.125. The number of carbonyl (C=O) groups is 2. The molecule has 0 radical (unpaired) electrons. The third-order valence-corrected chi connectivity index (χ3v) is 9.50. The van der Waals surface area contributed by atoms with Gasteiger partial charge in [0.05, 0.1) is 19.2 Å². The lowest BCUT2D eigenvalue weighted by atomic mass is 9.49. The maximum atomic E-state index is 13.8.